The molecular weight excluding hydrogens is 268 g/mol. The number of benzene rings is 1. The highest BCUT2D eigenvalue weighted by atomic mass is 16.5. The molecule has 114 valence electrons. The van der Waals surface area contributed by atoms with Crippen LogP contribution in [0.15, 0.2) is 12.1 Å². The standard InChI is InChI=1S/C16H22N2O3/c1-10-6-12-13(7-11(10)2)18(8-15(19)20)14(17-12)9-21-16(3,4)5/h6-7H,8-9H2,1-5H3,(H,19,20). The number of imidazole rings is 1. The van der Waals surface area contributed by atoms with Gasteiger partial charge in [0.15, 0.2) is 0 Å². The van der Waals surface area contributed by atoms with Crippen molar-refractivity contribution < 1.29 is 14.6 Å². The summed E-state index contributed by atoms with van der Waals surface area (Å²) in [6, 6.07) is 3.98. The molecule has 0 saturated carbocycles. The highest BCUT2D eigenvalue weighted by molar-refractivity contribution is 5.80. The van der Waals surface area contributed by atoms with Crippen LogP contribution in [0.2, 0.25) is 0 Å². The molecule has 21 heavy (non-hydrogen) atoms. The molecule has 1 aromatic heterocycles. The average molecular weight is 290 g/mol. The van der Waals surface area contributed by atoms with Gasteiger partial charge in [-0.15, -0.1) is 0 Å². The Morgan fingerprint density at radius 1 is 1.29 bits per heavy atom. The summed E-state index contributed by atoms with van der Waals surface area (Å²) in [5.41, 5.74) is 3.63. The Bertz CT molecular complexity index is 681. The second-order valence-electron chi connectivity index (χ2n) is 6.33. The minimum absolute atomic E-state index is 0.109. The summed E-state index contributed by atoms with van der Waals surface area (Å²) in [6.45, 7) is 10.1. The predicted molar refractivity (Wildman–Crippen MR) is 81.4 cm³/mol. The minimum Gasteiger partial charge on any atom is -0.480 e. The first-order chi connectivity index (χ1) is 9.67. The summed E-state index contributed by atoms with van der Waals surface area (Å²) in [5, 5.41) is 9.13. The van der Waals surface area contributed by atoms with Gasteiger partial charge in [-0.05, 0) is 57.9 Å². The number of rotatable bonds is 4. The summed E-state index contributed by atoms with van der Waals surface area (Å²) in [7, 11) is 0. The maximum atomic E-state index is 11.1. The molecule has 0 amide bonds. The fourth-order valence-corrected chi connectivity index (χ4v) is 2.13. The third-order valence-corrected chi connectivity index (χ3v) is 3.37. The molecule has 0 unspecified atom stereocenters. The number of carbonyl (C=O) groups is 1. The number of aliphatic carboxylic acids is 1. The third kappa shape index (κ3) is 3.61. The van der Waals surface area contributed by atoms with Gasteiger partial charge < -0.3 is 14.4 Å². The van der Waals surface area contributed by atoms with Crippen LogP contribution in [0.5, 0.6) is 0 Å². The lowest BCUT2D eigenvalue weighted by atomic mass is 10.1. The Kier molecular flexibility index (Phi) is 4.05. The largest absolute Gasteiger partial charge is 0.480 e. The summed E-state index contributed by atoms with van der Waals surface area (Å²) < 4.78 is 7.47. The second-order valence-corrected chi connectivity index (χ2v) is 6.33. The molecule has 0 radical (unpaired) electrons. The van der Waals surface area contributed by atoms with E-state index in [0.29, 0.717) is 12.4 Å². The lowest BCUT2D eigenvalue weighted by Gasteiger charge is -2.19. The number of carboxylic acids is 1. The highest BCUT2D eigenvalue weighted by Crippen LogP contribution is 2.22. The molecule has 0 bridgehead atoms. The number of ether oxygens (including phenoxy) is 1. The van der Waals surface area contributed by atoms with Gasteiger partial charge in [-0.1, -0.05) is 0 Å². The average Bonchev–Trinajstić information content (AvgIpc) is 2.64. The van der Waals surface area contributed by atoms with Crippen molar-refractivity contribution in [3.63, 3.8) is 0 Å². The lowest BCUT2D eigenvalue weighted by Crippen LogP contribution is -2.21. The predicted octanol–water partition coefficient (Wildman–Crippen LogP) is 3.05. The Labute approximate surface area is 124 Å². The molecular formula is C16H22N2O3. The molecule has 5 heteroatoms. The summed E-state index contributed by atoms with van der Waals surface area (Å²) in [5.74, 6) is -0.239. The highest BCUT2D eigenvalue weighted by Gasteiger charge is 2.17. The zero-order valence-corrected chi connectivity index (χ0v) is 13.2. The molecule has 0 aliphatic heterocycles. The van der Waals surface area contributed by atoms with E-state index in [0.717, 1.165) is 22.2 Å². The smallest absolute Gasteiger partial charge is 0.323 e. The molecule has 0 atom stereocenters. The first-order valence-electron chi connectivity index (χ1n) is 6.99. The van der Waals surface area contributed by atoms with Crippen molar-refractivity contribution in [2.45, 2.75) is 53.4 Å². The van der Waals surface area contributed by atoms with E-state index in [2.05, 4.69) is 4.98 Å². The van der Waals surface area contributed by atoms with E-state index in [4.69, 9.17) is 9.84 Å². The van der Waals surface area contributed by atoms with E-state index >= 15 is 0 Å². The van der Waals surface area contributed by atoms with Crippen molar-refractivity contribution in [3.05, 3.63) is 29.1 Å². The van der Waals surface area contributed by atoms with Gasteiger partial charge in [0.1, 0.15) is 19.0 Å². The van der Waals surface area contributed by atoms with E-state index < -0.39 is 5.97 Å². The van der Waals surface area contributed by atoms with Crippen LogP contribution >= 0.6 is 0 Å². The van der Waals surface area contributed by atoms with Crippen LogP contribution in [0.3, 0.4) is 0 Å². The number of carboxylic acid groups (broad SMARTS) is 1. The molecule has 0 saturated heterocycles. The molecule has 1 N–H and O–H groups in total. The first kappa shape index (κ1) is 15.5. The van der Waals surface area contributed by atoms with Crippen molar-refractivity contribution in [2.24, 2.45) is 0 Å². The van der Waals surface area contributed by atoms with E-state index in [1.807, 2.05) is 46.8 Å². The molecule has 1 heterocycles. The summed E-state index contributed by atoms with van der Waals surface area (Å²) in [4.78, 5) is 15.7. The first-order valence-corrected chi connectivity index (χ1v) is 6.99. The zero-order valence-electron chi connectivity index (χ0n) is 13.2. The van der Waals surface area contributed by atoms with Gasteiger partial charge in [0.25, 0.3) is 0 Å². The third-order valence-electron chi connectivity index (χ3n) is 3.37. The monoisotopic (exact) mass is 290 g/mol. The van der Waals surface area contributed by atoms with Gasteiger partial charge in [-0.3, -0.25) is 4.79 Å². The Hall–Kier alpha value is -1.88. The number of aryl methyl sites for hydroxylation is 2. The van der Waals surface area contributed by atoms with E-state index in [1.165, 1.54) is 0 Å². The molecule has 2 rings (SSSR count). The van der Waals surface area contributed by atoms with Gasteiger partial charge in [-0.25, -0.2) is 4.98 Å². The number of hydrogen-bond donors (Lipinski definition) is 1. The fraction of sp³-hybridized carbons (Fsp3) is 0.500. The maximum Gasteiger partial charge on any atom is 0.323 e. The molecule has 5 nitrogen and oxygen atoms in total. The van der Waals surface area contributed by atoms with Crippen LogP contribution in [0.4, 0.5) is 0 Å². The quantitative estimate of drug-likeness (QED) is 0.940. The van der Waals surface area contributed by atoms with Crippen molar-refractivity contribution in [1.29, 1.82) is 0 Å². The van der Waals surface area contributed by atoms with Gasteiger partial charge in [-0.2, -0.15) is 0 Å². The molecule has 0 aliphatic rings. The van der Waals surface area contributed by atoms with E-state index in [-0.39, 0.29) is 12.1 Å². The topological polar surface area (TPSA) is 64.4 Å². The zero-order chi connectivity index (χ0) is 15.8. The van der Waals surface area contributed by atoms with Crippen LogP contribution in [0, 0.1) is 13.8 Å². The maximum absolute atomic E-state index is 11.1. The van der Waals surface area contributed by atoms with Crippen LogP contribution in [-0.2, 0) is 22.7 Å². The van der Waals surface area contributed by atoms with Crippen LogP contribution in [0.25, 0.3) is 11.0 Å². The van der Waals surface area contributed by atoms with Crippen molar-refractivity contribution in [2.75, 3.05) is 0 Å². The number of nitrogens with zero attached hydrogens (tertiary/aromatic N) is 2. The molecule has 2 aromatic rings. The summed E-state index contributed by atoms with van der Waals surface area (Å²) >= 11 is 0. The Morgan fingerprint density at radius 2 is 1.90 bits per heavy atom. The Morgan fingerprint density at radius 3 is 2.48 bits per heavy atom. The molecule has 0 aliphatic carbocycles. The van der Waals surface area contributed by atoms with Crippen LogP contribution in [-0.4, -0.2) is 26.2 Å². The fourth-order valence-electron chi connectivity index (χ4n) is 2.13. The number of fused-ring (bicyclic) bond motifs is 1. The van der Waals surface area contributed by atoms with Crippen LogP contribution < -0.4 is 0 Å². The molecule has 1 aromatic carbocycles. The van der Waals surface area contributed by atoms with Crippen molar-refractivity contribution in [1.82, 2.24) is 9.55 Å². The molecule has 0 fully saturated rings. The van der Waals surface area contributed by atoms with Gasteiger partial charge in [0, 0.05) is 0 Å². The summed E-state index contributed by atoms with van der Waals surface area (Å²) in [6.07, 6.45) is 0. The van der Waals surface area contributed by atoms with Crippen molar-refractivity contribution >= 4 is 17.0 Å². The van der Waals surface area contributed by atoms with E-state index in [1.54, 1.807) is 4.57 Å². The van der Waals surface area contributed by atoms with Gasteiger partial charge in [0.05, 0.1) is 16.6 Å². The van der Waals surface area contributed by atoms with E-state index in [9.17, 15) is 4.79 Å². The number of hydrogen-bond acceptors (Lipinski definition) is 3. The molecule has 0 spiro atoms. The normalized spacial score (nSPS) is 12.0. The van der Waals surface area contributed by atoms with Gasteiger partial charge >= 0.3 is 5.97 Å². The lowest BCUT2D eigenvalue weighted by molar-refractivity contribution is -0.137. The Balaban J connectivity index is 2.49. The van der Waals surface area contributed by atoms with Crippen LogP contribution in [0.1, 0.15) is 37.7 Å². The SMILES string of the molecule is Cc1cc2nc(COC(C)(C)C)n(CC(=O)O)c2cc1C. The number of aromatic nitrogens is 2. The second kappa shape index (κ2) is 5.48. The van der Waals surface area contributed by atoms with Crippen molar-refractivity contribution in [3.8, 4) is 0 Å². The van der Waals surface area contributed by atoms with Gasteiger partial charge in [0.2, 0.25) is 0 Å². The minimum atomic E-state index is -0.885.